The van der Waals surface area contributed by atoms with Crippen LogP contribution in [0, 0.1) is 28.6 Å². The van der Waals surface area contributed by atoms with Crippen molar-refractivity contribution in [1.82, 2.24) is 0 Å². The summed E-state index contributed by atoms with van der Waals surface area (Å²) >= 11 is 0. The van der Waals surface area contributed by atoms with E-state index in [1.54, 1.807) is 0 Å². The van der Waals surface area contributed by atoms with Gasteiger partial charge in [0.2, 0.25) is 0 Å². The predicted molar refractivity (Wildman–Crippen MR) is 70.4 cm³/mol. The Morgan fingerprint density at radius 2 is 1.76 bits per heavy atom. The summed E-state index contributed by atoms with van der Waals surface area (Å²) in [4.78, 5) is 0. The van der Waals surface area contributed by atoms with E-state index in [9.17, 15) is 10.4 Å². The van der Waals surface area contributed by atoms with E-state index in [2.05, 4.69) is 26.8 Å². The molecule has 0 saturated heterocycles. The number of aliphatic hydroxyl groups is 1. The summed E-state index contributed by atoms with van der Waals surface area (Å²) in [6, 6.07) is 2.46. The molecule has 1 atom stereocenters. The smallest absolute Gasteiger partial charge is 0.0835 e. The third kappa shape index (κ3) is 3.01. The van der Waals surface area contributed by atoms with Crippen molar-refractivity contribution in [3.8, 4) is 6.07 Å². The predicted octanol–water partition coefficient (Wildman–Crippen LogP) is 3.89. The van der Waals surface area contributed by atoms with Crippen LogP contribution in [0.1, 0.15) is 65.7 Å². The van der Waals surface area contributed by atoms with Gasteiger partial charge in [-0.2, -0.15) is 5.26 Å². The van der Waals surface area contributed by atoms with E-state index in [-0.39, 0.29) is 5.92 Å². The van der Waals surface area contributed by atoms with E-state index in [4.69, 9.17) is 0 Å². The zero-order chi connectivity index (χ0) is 12.9. The van der Waals surface area contributed by atoms with Crippen LogP contribution in [0.3, 0.4) is 0 Å². The molecule has 0 aromatic heterocycles. The fourth-order valence-corrected chi connectivity index (χ4v) is 3.26. The van der Waals surface area contributed by atoms with Crippen LogP contribution in [0.2, 0.25) is 0 Å². The molecule has 0 aromatic rings. The Balaban J connectivity index is 2.73. The van der Waals surface area contributed by atoms with Gasteiger partial charge in [0.15, 0.2) is 0 Å². The first-order valence-electron chi connectivity index (χ1n) is 7.22. The maximum atomic E-state index is 10.5. The van der Waals surface area contributed by atoms with Crippen LogP contribution < -0.4 is 0 Å². The molecule has 1 unspecified atom stereocenters. The summed E-state index contributed by atoms with van der Waals surface area (Å²) in [5, 5.41) is 20.0. The van der Waals surface area contributed by atoms with E-state index in [1.165, 1.54) is 6.42 Å². The Labute approximate surface area is 106 Å². The summed E-state index contributed by atoms with van der Waals surface area (Å²) in [6.07, 6.45) is 6.72. The lowest BCUT2D eigenvalue weighted by Gasteiger charge is -2.40. The van der Waals surface area contributed by atoms with Gasteiger partial charge < -0.3 is 5.11 Å². The van der Waals surface area contributed by atoms with Gasteiger partial charge in [-0.1, -0.05) is 40.0 Å². The molecule has 0 bridgehead atoms. The number of nitrogens with zero attached hydrogens (tertiary/aromatic N) is 1. The number of rotatable bonds is 5. The van der Waals surface area contributed by atoms with Gasteiger partial charge in [0, 0.05) is 0 Å². The van der Waals surface area contributed by atoms with Crippen LogP contribution >= 0.6 is 0 Å². The Hall–Kier alpha value is -0.550. The standard InChI is InChI=1S/C15H27NO/c1-4-12-7-9-15(11-16,10-8-12)14(17)13(5-2)6-3/h12-14,17H,4-10H2,1-3H3. The zero-order valence-corrected chi connectivity index (χ0v) is 11.6. The van der Waals surface area contributed by atoms with E-state index in [0.29, 0.717) is 0 Å². The summed E-state index contributed by atoms with van der Waals surface area (Å²) in [6.45, 7) is 6.45. The van der Waals surface area contributed by atoms with Crippen LogP contribution in [0.4, 0.5) is 0 Å². The number of aliphatic hydroxyl groups excluding tert-OH is 1. The fourth-order valence-electron chi connectivity index (χ4n) is 3.26. The Morgan fingerprint density at radius 1 is 1.24 bits per heavy atom. The molecule has 0 aliphatic heterocycles. The monoisotopic (exact) mass is 237 g/mol. The van der Waals surface area contributed by atoms with Gasteiger partial charge in [-0.05, 0) is 37.5 Å². The molecular weight excluding hydrogens is 210 g/mol. The summed E-state index contributed by atoms with van der Waals surface area (Å²) < 4.78 is 0. The highest BCUT2D eigenvalue weighted by Gasteiger charge is 2.43. The molecule has 0 radical (unpaired) electrons. The van der Waals surface area contributed by atoms with Gasteiger partial charge in [-0.15, -0.1) is 0 Å². The zero-order valence-electron chi connectivity index (χ0n) is 11.6. The van der Waals surface area contributed by atoms with Crippen molar-refractivity contribution in [1.29, 1.82) is 5.26 Å². The average molecular weight is 237 g/mol. The summed E-state index contributed by atoms with van der Waals surface area (Å²) in [7, 11) is 0. The molecule has 1 saturated carbocycles. The number of nitriles is 1. The minimum Gasteiger partial charge on any atom is -0.391 e. The highest BCUT2D eigenvalue weighted by molar-refractivity contribution is 5.07. The van der Waals surface area contributed by atoms with Crippen molar-refractivity contribution in [3.63, 3.8) is 0 Å². The maximum Gasteiger partial charge on any atom is 0.0835 e. The van der Waals surface area contributed by atoms with Crippen molar-refractivity contribution in [2.24, 2.45) is 17.3 Å². The molecule has 1 aliphatic rings. The van der Waals surface area contributed by atoms with E-state index in [1.807, 2.05) is 0 Å². The van der Waals surface area contributed by atoms with Crippen molar-refractivity contribution in [2.45, 2.75) is 71.8 Å². The second-order valence-electron chi connectivity index (χ2n) is 5.64. The van der Waals surface area contributed by atoms with Crippen LogP contribution in [0.25, 0.3) is 0 Å². The second kappa shape index (κ2) is 6.40. The quantitative estimate of drug-likeness (QED) is 0.788. The lowest BCUT2D eigenvalue weighted by atomic mass is 9.64. The van der Waals surface area contributed by atoms with Crippen LogP contribution in [-0.4, -0.2) is 11.2 Å². The van der Waals surface area contributed by atoms with Gasteiger partial charge in [0.25, 0.3) is 0 Å². The van der Waals surface area contributed by atoms with E-state index < -0.39 is 11.5 Å². The molecule has 0 heterocycles. The van der Waals surface area contributed by atoms with E-state index >= 15 is 0 Å². The molecule has 2 heteroatoms. The van der Waals surface area contributed by atoms with Gasteiger partial charge >= 0.3 is 0 Å². The molecule has 17 heavy (non-hydrogen) atoms. The maximum absolute atomic E-state index is 10.5. The number of hydrogen-bond donors (Lipinski definition) is 1. The molecule has 1 fully saturated rings. The van der Waals surface area contributed by atoms with Crippen molar-refractivity contribution >= 4 is 0 Å². The first-order chi connectivity index (χ1) is 8.13. The highest BCUT2D eigenvalue weighted by atomic mass is 16.3. The van der Waals surface area contributed by atoms with Crippen molar-refractivity contribution < 1.29 is 5.11 Å². The van der Waals surface area contributed by atoms with Gasteiger partial charge in [-0.25, -0.2) is 0 Å². The number of hydrogen-bond acceptors (Lipinski definition) is 2. The minimum absolute atomic E-state index is 0.285. The lowest BCUT2D eigenvalue weighted by molar-refractivity contribution is -0.0180. The SMILES string of the molecule is CCC1CCC(C#N)(C(O)C(CC)CC)CC1. The Morgan fingerprint density at radius 3 is 2.12 bits per heavy atom. The van der Waals surface area contributed by atoms with Gasteiger partial charge in [-0.3, -0.25) is 0 Å². The van der Waals surface area contributed by atoms with Crippen LogP contribution in [0.5, 0.6) is 0 Å². The molecule has 1 N–H and O–H groups in total. The normalized spacial score (nSPS) is 31.2. The third-order valence-electron chi connectivity index (χ3n) is 4.86. The Bertz CT molecular complexity index is 257. The second-order valence-corrected chi connectivity index (χ2v) is 5.64. The van der Waals surface area contributed by atoms with Gasteiger partial charge in [0.05, 0.1) is 17.6 Å². The van der Waals surface area contributed by atoms with E-state index in [0.717, 1.165) is 44.4 Å². The molecule has 2 nitrogen and oxygen atoms in total. The fraction of sp³-hybridized carbons (Fsp3) is 0.933. The molecule has 1 rings (SSSR count). The molecule has 0 amide bonds. The third-order valence-corrected chi connectivity index (χ3v) is 4.86. The van der Waals surface area contributed by atoms with Gasteiger partial charge in [0.1, 0.15) is 0 Å². The minimum atomic E-state index is -0.456. The van der Waals surface area contributed by atoms with Crippen molar-refractivity contribution in [3.05, 3.63) is 0 Å². The molecular formula is C15H27NO. The summed E-state index contributed by atoms with van der Waals surface area (Å²) in [5.41, 5.74) is -0.456. The summed E-state index contributed by atoms with van der Waals surface area (Å²) in [5.74, 6) is 1.05. The molecule has 0 spiro atoms. The lowest BCUT2D eigenvalue weighted by Crippen LogP contribution is -2.42. The van der Waals surface area contributed by atoms with Crippen LogP contribution in [0.15, 0.2) is 0 Å². The molecule has 98 valence electrons. The molecule has 1 aliphatic carbocycles. The first-order valence-corrected chi connectivity index (χ1v) is 7.22. The Kier molecular flexibility index (Phi) is 5.46. The topological polar surface area (TPSA) is 44.0 Å². The highest BCUT2D eigenvalue weighted by Crippen LogP contribution is 2.44. The molecule has 0 aromatic carbocycles. The van der Waals surface area contributed by atoms with Crippen molar-refractivity contribution in [2.75, 3.05) is 0 Å². The largest absolute Gasteiger partial charge is 0.391 e. The first kappa shape index (κ1) is 14.5. The van der Waals surface area contributed by atoms with Crippen LogP contribution in [-0.2, 0) is 0 Å². The average Bonchev–Trinajstić information content (AvgIpc) is 2.40.